The zero-order valence-electron chi connectivity index (χ0n) is 19.0. The monoisotopic (exact) mass is 518 g/mol. The van der Waals surface area contributed by atoms with Crippen LogP contribution in [0.25, 0.3) is 11.1 Å². The maximum Gasteiger partial charge on any atom is 0.419 e. The van der Waals surface area contributed by atoms with Crippen molar-refractivity contribution < 1.29 is 27.2 Å². The molecule has 2 fully saturated rings. The van der Waals surface area contributed by atoms with Gasteiger partial charge in [0.25, 0.3) is 5.91 Å². The van der Waals surface area contributed by atoms with Gasteiger partial charge in [-0.05, 0) is 35.4 Å². The number of alkyl halides is 3. The van der Waals surface area contributed by atoms with Crippen molar-refractivity contribution in [2.45, 2.75) is 18.6 Å². The largest absolute Gasteiger partial charge is 0.419 e. The van der Waals surface area contributed by atoms with E-state index in [-0.39, 0.29) is 23.4 Å². The lowest BCUT2D eigenvalue weighted by Crippen LogP contribution is -2.52. The molecule has 2 aliphatic rings. The molecule has 0 aliphatic carbocycles. The predicted molar refractivity (Wildman–Crippen MR) is 127 cm³/mol. The summed E-state index contributed by atoms with van der Waals surface area (Å²) in [5.74, 6) is -1.48. The minimum Gasteiger partial charge on any atom is -0.334 e. The summed E-state index contributed by atoms with van der Waals surface area (Å²) >= 11 is 1.31. The molecule has 2 aliphatic heterocycles. The number of halogens is 4. The van der Waals surface area contributed by atoms with Crippen LogP contribution in [0.5, 0.6) is 0 Å². The lowest BCUT2D eigenvalue weighted by Gasteiger charge is -2.37. The third kappa shape index (κ3) is 4.85. The molecule has 0 bridgehead atoms. The molecule has 0 N–H and O–H groups in total. The Morgan fingerprint density at radius 3 is 2.47 bits per heavy atom. The quantitative estimate of drug-likeness (QED) is 0.477. The van der Waals surface area contributed by atoms with Crippen LogP contribution >= 0.6 is 11.3 Å². The third-order valence-electron chi connectivity index (χ3n) is 6.60. The first-order valence-corrected chi connectivity index (χ1v) is 12.3. The second kappa shape index (κ2) is 9.62. The Balaban J connectivity index is 1.27. The van der Waals surface area contributed by atoms with Crippen LogP contribution in [0.4, 0.5) is 23.2 Å². The van der Waals surface area contributed by atoms with Crippen LogP contribution in [-0.4, -0.2) is 65.4 Å². The average Bonchev–Trinajstić information content (AvgIpc) is 3.54. The van der Waals surface area contributed by atoms with Gasteiger partial charge in [-0.1, -0.05) is 18.2 Å². The van der Waals surface area contributed by atoms with Crippen LogP contribution < -0.4 is 4.90 Å². The number of thiazole rings is 1. The van der Waals surface area contributed by atoms with Crippen LogP contribution in [0.2, 0.25) is 0 Å². The fraction of sp³-hybridized carbons (Fsp3) is 0.320. The minimum absolute atomic E-state index is 0.0269. The first-order valence-electron chi connectivity index (χ1n) is 11.4. The second-order valence-electron chi connectivity index (χ2n) is 8.77. The van der Waals surface area contributed by atoms with Crippen LogP contribution in [0.3, 0.4) is 0 Å². The van der Waals surface area contributed by atoms with Gasteiger partial charge in [-0.2, -0.15) is 13.2 Å². The van der Waals surface area contributed by atoms with Gasteiger partial charge in [-0.15, -0.1) is 11.3 Å². The van der Waals surface area contributed by atoms with E-state index < -0.39 is 17.6 Å². The summed E-state index contributed by atoms with van der Waals surface area (Å²) in [7, 11) is 0. The number of hydrogen-bond acceptors (Lipinski definition) is 5. The standard InChI is InChI=1S/C25H22F4N4O2S/c26-21-5-4-17(13-20(21)25(27,28)29)16-2-1-3-18(12-16)33-15-19(14-22(33)34)31-7-9-32(10-8-31)24(35)23-30-6-11-36-23/h1-6,11-13,19H,7-10,14-15H2. The van der Waals surface area contributed by atoms with Crippen molar-refractivity contribution >= 4 is 28.8 Å². The molecule has 188 valence electrons. The molecule has 2 amide bonds. The van der Waals surface area contributed by atoms with Gasteiger partial charge in [0, 0.05) is 62.5 Å². The number of piperazine rings is 1. The fourth-order valence-corrected chi connectivity index (χ4v) is 5.32. The van der Waals surface area contributed by atoms with Crippen LogP contribution in [-0.2, 0) is 11.0 Å². The number of benzene rings is 2. The second-order valence-corrected chi connectivity index (χ2v) is 9.66. The molecule has 5 rings (SSSR count). The lowest BCUT2D eigenvalue weighted by atomic mass is 10.0. The zero-order chi connectivity index (χ0) is 25.4. The molecule has 6 nitrogen and oxygen atoms in total. The fourth-order valence-electron chi connectivity index (χ4n) is 4.71. The molecule has 11 heteroatoms. The zero-order valence-corrected chi connectivity index (χ0v) is 19.9. The minimum atomic E-state index is -4.80. The Hall–Kier alpha value is -3.31. The van der Waals surface area contributed by atoms with Gasteiger partial charge >= 0.3 is 6.18 Å². The molecule has 1 unspecified atom stereocenters. The van der Waals surface area contributed by atoms with Crippen molar-refractivity contribution in [1.82, 2.24) is 14.8 Å². The highest BCUT2D eigenvalue weighted by atomic mass is 32.1. The number of amides is 2. The summed E-state index contributed by atoms with van der Waals surface area (Å²) in [6.45, 7) is 2.81. The molecule has 36 heavy (non-hydrogen) atoms. The van der Waals surface area contributed by atoms with E-state index in [9.17, 15) is 27.2 Å². The molecule has 0 saturated carbocycles. The SMILES string of the molecule is O=C(c1nccs1)N1CCN(C2CC(=O)N(c3cccc(-c4ccc(F)c(C(F)(F)F)c4)c3)C2)CC1. The van der Waals surface area contributed by atoms with E-state index in [1.165, 1.54) is 17.4 Å². The summed E-state index contributed by atoms with van der Waals surface area (Å²) < 4.78 is 53.2. The highest BCUT2D eigenvalue weighted by Crippen LogP contribution is 2.35. The van der Waals surface area contributed by atoms with Crippen LogP contribution in [0.1, 0.15) is 21.8 Å². The van der Waals surface area contributed by atoms with Crippen molar-refractivity contribution in [2.75, 3.05) is 37.6 Å². The van der Waals surface area contributed by atoms with Gasteiger partial charge in [0.2, 0.25) is 5.91 Å². The van der Waals surface area contributed by atoms with Crippen LogP contribution in [0.15, 0.2) is 54.0 Å². The van der Waals surface area contributed by atoms with Gasteiger partial charge in [0.15, 0.2) is 5.01 Å². The Labute approximate surface area is 208 Å². The Kier molecular flexibility index (Phi) is 6.52. The molecule has 2 saturated heterocycles. The van der Waals surface area contributed by atoms with Crippen molar-refractivity contribution in [3.8, 4) is 11.1 Å². The van der Waals surface area contributed by atoms with E-state index in [0.29, 0.717) is 55.4 Å². The van der Waals surface area contributed by atoms with E-state index in [1.54, 1.807) is 45.6 Å². The highest BCUT2D eigenvalue weighted by molar-refractivity contribution is 7.11. The number of carbonyl (C=O) groups is 2. The number of aromatic nitrogens is 1. The molecule has 0 radical (unpaired) electrons. The van der Waals surface area contributed by atoms with Crippen molar-refractivity contribution in [3.63, 3.8) is 0 Å². The van der Waals surface area contributed by atoms with Crippen LogP contribution in [0, 0.1) is 5.82 Å². The number of rotatable bonds is 4. The Morgan fingerprint density at radius 1 is 1.03 bits per heavy atom. The Bertz CT molecular complexity index is 1270. The predicted octanol–water partition coefficient (Wildman–Crippen LogP) is 4.53. The maximum atomic E-state index is 13.7. The molecule has 3 aromatic rings. The molecule has 0 spiro atoms. The molecule has 1 aromatic heterocycles. The van der Waals surface area contributed by atoms with Gasteiger partial charge in [-0.25, -0.2) is 9.37 Å². The smallest absolute Gasteiger partial charge is 0.334 e. The average molecular weight is 519 g/mol. The van der Waals surface area contributed by atoms with Crippen molar-refractivity contribution in [1.29, 1.82) is 0 Å². The summed E-state index contributed by atoms with van der Waals surface area (Å²) in [6.07, 6.45) is -2.88. The summed E-state index contributed by atoms with van der Waals surface area (Å²) in [6, 6.07) is 9.56. The van der Waals surface area contributed by atoms with Gasteiger partial charge in [0.05, 0.1) is 5.56 Å². The normalized spacial score (nSPS) is 19.2. The molecular formula is C25H22F4N4O2S. The maximum absolute atomic E-state index is 13.7. The van der Waals surface area contributed by atoms with E-state index in [4.69, 9.17) is 0 Å². The summed E-state index contributed by atoms with van der Waals surface area (Å²) in [4.78, 5) is 35.1. The van der Waals surface area contributed by atoms with E-state index in [2.05, 4.69) is 9.88 Å². The molecular weight excluding hydrogens is 496 g/mol. The first kappa shape index (κ1) is 24.4. The first-order chi connectivity index (χ1) is 17.2. The molecule has 3 heterocycles. The van der Waals surface area contributed by atoms with E-state index in [1.807, 2.05) is 0 Å². The van der Waals surface area contributed by atoms with E-state index in [0.717, 1.165) is 12.1 Å². The number of hydrogen-bond donors (Lipinski definition) is 0. The van der Waals surface area contributed by atoms with E-state index >= 15 is 0 Å². The number of carbonyl (C=O) groups excluding carboxylic acids is 2. The van der Waals surface area contributed by atoms with Gasteiger partial charge in [0.1, 0.15) is 5.82 Å². The summed E-state index contributed by atoms with van der Waals surface area (Å²) in [5.41, 5.74) is -0.0657. The third-order valence-corrected chi connectivity index (χ3v) is 7.36. The summed E-state index contributed by atoms with van der Waals surface area (Å²) in [5, 5.41) is 2.23. The van der Waals surface area contributed by atoms with Gasteiger partial charge < -0.3 is 9.80 Å². The highest BCUT2D eigenvalue weighted by Gasteiger charge is 2.37. The molecule has 1 atom stereocenters. The Morgan fingerprint density at radius 2 is 1.78 bits per heavy atom. The number of nitrogens with zero attached hydrogens (tertiary/aromatic N) is 4. The van der Waals surface area contributed by atoms with Gasteiger partial charge in [-0.3, -0.25) is 14.5 Å². The lowest BCUT2D eigenvalue weighted by molar-refractivity contribution is -0.140. The van der Waals surface area contributed by atoms with Crippen molar-refractivity contribution in [2.24, 2.45) is 0 Å². The topological polar surface area (TPSA) is 56.8 Å². The number of anilines is 1. The molecule has 2 aromatic carbocycles. The van der Waals surface area contributed by atoms with Crippen molar-refractivity contribution in [3.05, 3.63) is 70.4 Å².